The molecule has 2 unspecified atom stereocenters. The van der Waals surface area contributed by atoms with Crippen LogP contribution in [0.5, 0.6) is 0 Å². The van der Waals surface area contributed by atoms with Gasteiger partial charge < -0.3 is 20.7 Å². The number of carboxylic acid groups (broad SMARTS) is 1. The molecular weight excluding hydrogens is 238 g/mol. The number of aliphatic hydroxyl groups excluding tert-OH is 1. The molecule has 0 aliphatic heterocycles. The summed E-state index contributed by atoms with van der Waals surface area (Å²) in [5, 5.41) is 17.0. The topological polar surface area (TPSA) is 110 Å². The molecule has 0 aromatic carbocycles. The maximum absolute atomic E-state index is 10.5. The third kappa shape index (κ3) is 9.80. The first kappa shape index (κ1) is 19.0. The minimum Gasteiger partial charge on any atom is -0.480 e. The molecule has 0 aromatic rings. The van der Waals surface area contributed by atoms with Crippen LogP contribution >= 0.6 is 0 Å². The van der Waals surface area contributed by atoms with Crippen molar-refractivity contribution in [3.63, 3.8) is 0 Å². The first-order chi connectivity index (χ1) is 8.13. The maximum Gasteiger partial charge on any atom is 0.335 e. The summed E-state index contributed by atoms with van der Waals surface area (Å²) in [6.45, 7) is 8.65. The number of aliphatic hydroxyl groups is 1. The van der Waals surface area contributed by atoms with Crippen molar-refractivity contribution < 1.29 is 24.5 Å². The van der Waals surface area contributed by atoms with Crippen molar-refractivity contribution >= 4 is 11.9 Å². The van der Waals surface area contributed by atoms with Crippen molar-refractivity contribution in [1.82, 2.24) is 0 Å². The molecule has 0 spiro atoms. The molecule has 0 aromatic heterocycles. The lowest BCUT2D eigenvalue weighted by Crippen LogP contribution is -2.31. The second-order valence-electron chi connectivity index (χ2n) is 4.27. The highest BCUT2D eigenvalue weighted by molar-refractivity contribution is 5.88. The SMILES string of the molecule is C=C(C(=O)OC)C(C)O.CC(C)CC(N)C(=O)O. The lowest BCUT2D eigenvalue weighted by molar-refractivity contribution is -0.139. The van der Waals surface area contributed by atoms with Crippen LogP contribution in [0.1, 0.15) is 27.2 Å². The smallest absolute Gasteiger partial charge is 0.335 e. The first-order valence-corrected chi connectivity index (χ1v) is 5.57. The highest BCUT2D eigenvalue weighted by Crippen LogP contribution is 2.01. The maximum atomic E-state index is 10.5. The van der Waals surface area contributed by atoms with Crippen LogP contribution in [-0.4, -0.2) is 41.4 Å². The Balaban J connectivity index is 0. The summed E-state index contributed by atoms with van der Waals surface area (Å²) >= 11 is 0. The molecule has 0 saturated carbocycles. The van der Waals surface area contributed by atoms with E-state index in [2.05, 4.69) is 11.3 Å². The van der Waals surface area contributed by atoms with E-state index < -0.39 is 24.1 Å². The molecule has 0 bridgehead atoms. The number of carboxylic acids is 1. The molecule has 2 atom stereocenters. The van der Waals surface area contributed by atoms with Gasteiger partial charge in [-0.05, 0) is 19.3 Å². The van der Waals surface area contributed by atoms with Gasteiger partial charge >= 0.3 is 11.9 Å². The first-order valence-electron chi connectivity index (χ1n) is 5.57. The van der Waals surface area contributed by atoms with Crippen LogP contribution in [0.15, 0.2) is 12.2 Å². The summed E-state index contributed by atoms with van der Waals surface area (Å²) < 4.78 is 4.27. The van der Waals surface area contributed by atoms with Crippen LogP contribution in [0, 0.1) is 5.92 Å². The zero-order valence-electron chi connectivity index (χ0n) is 11.3. The third-order valence-corrected chi connectivity index (χ3v) is 1.99. The van der Waals surface area contributed by atoms with Crippen LogP contribution in [0.25, 0.3) is 0 Å². The predicted molar refractivity (Wildman–Crippen MR) is 67.9 cm³/mol. The quantitative estimate of drug-likeness (QED) is 0.492. The van der Waals surface area contributed by atoms with Gasteiger partial charge in [-0.2, -0.15) is 0 Å². The predicted octanol–water partition coefficient (Wildman–Crippen LogP) is 0.541. The van der Waals surface area contributed by atoms with E-state index in [1.165, 1.54) is 14.0 Å². The van der Waals surface area contributed by atoms with E-state index in [0.29, 0.717) is 12.3 Å². The molecular formula is C12H23NO5. The van der Waals surface area contributed by atoms with Gasteiger partial charge in [-0.1, -0.05) is 20.4 Å². The average molecular weight is 261 g/mol. The number of aliphatic carboxylic acids is 1. The van der Waals surface area contributed by atoms with E-state index >= 15 is 0 Å². The number of hydrogen-bond acceptors (Lipinski definition) is 5. The average Bonchev–Trinajstić information content (AvgIpc) is 2.26. The van der Waals surface area contributed by atoms with Crippen molar-refractivity contribution in [2.75, 3.05) is 7.11 Å². The van der Waals surface area contributed by atoms with E-state index in [9.17, 15) is 9.59 Å². The molecule has 106 valence electrons. The van der Waals surface area contributed by atoms with Crippen molar-refractivity contribution in [3.05, 3.63) is 12.2 Å². The summed E-state index contributed by atoms with van der Waals surface area (Å²) in [5.74, 6) is -1.12. The summed E-state index contributed by atoms with van der Waals surface area (Å²) in [6, 6.07) is -0.690. The van der Waals surface area contributed by atoms with Gasteiger partial charge in [0.05, 0.1) is 18.8 Å². The number of ether oxygens (including phenoxy) is 1. The van der Waals surface area contributed by atoms with E-state index in [1.54, 1.807) is 0 Å². The number of esters is 1. The van der Waals surface area contributed by atoms with E-state index in [4.69, 9.17) is 15.9 Å². The molecule has 0 saturated heterocycles. The standard InChI is InChI=1S/C6H13NO2.C6H10O3/c1-4(2)3-5(7)6(8)9;1-4(5(2)7)6(8)9-3/h4-5H,3,7H2,1-2H3,(H,8,9);5,7H,1H2,2-3H3. The minimum atomic E-state index is -0.913. The molecule has 18 heavy (non-hydrogen) atoms. The highest BCUT2D eigenvalue weighted by atomic mass is 16.5. The molecule has 6 nitrogen and oxygen atoms in total. The van der Waals surface area contributed by atoms with Crippen LogP contribution in [0.2, 0.25) is 0 Å². The van der Waals surface area contributed by atoms with Gasteiger partial charge in [0.2, 0.25) is 0 Å². The number of methoxy groups -OCH3 is 1. The summed E-state index contributed by atoms with van der Waals surface area (Å²) in [4.78, 5) is 20.6. The Hall–Kier alpha value is -1.40. The molecule has 0 amide bonds. The normalized spacial score (nSPS) is 13.1. The third-order valence-electron chi connectivity index (χ3n) is 1.99. The second-order valence-corrected chi connectivity index (χ2v) is 4.27. The summed E-state index contributed by atoms with van der Waals surface area (Å²) in [5.41, 5.74) is 5.30. The second kappa shape index (κ2) is 9.61. The Morgan fingerprint density at radius 2 is 1.78 bits per heavy atom. The van der Waals surface area contributed by atoms with E-state index in [-0.39, 0.29) is 5.57 Å². The van der Waals surface area contributed by atoms with Crippen LogP contribution in [0.3, 0.4) is 0 Å². The largest absolute Gasteiger partial charge is 0.480 e. The zero-order valence-corrected chi connectivity index (χ0v) is 11.3. The fourth-order valence-corrected chi connectivity index (χ4v) is 0.910. The van der Waals surface area contributed by atoms with Crippen LogP contribution in [-0.2, 0) is 14.3 Å². The van der Waals surface area contributed by atoms with Gasteiger partial charge in [-0.15, -0.1) is 0 Å². The fraction of sp³-hybridized carbons (Fsp3) is 0.667. The van der Waals surface area contributed by atoms with Crippen molar-refractivity contribution in [3.8, 4) is 0 Å². The zero-order chi connectivity index (χ0) is 14.9. The Bertz CT molecular complexity index is 286. The lowest BCUT2D eigenvalue weighted by Gasteiger charge is -2.07. The Morgan fingerprint density at radius 1 is 1.33 bits per heavy atom. The molecule has 4 N–H and O–H groups in total. The summed E-state index contributed by atoms with van der Waals surface area (Å²) in [6.07, 6.45) is -0.271. The lowest BCUT2D eigenvalue weighted by atomic mass is 10.1. The Morgan fingerprint density at radius 3 is 1.89 bits per heavy atom. The van der Waals surface area contributed by atoms with Crippen LogP contribution < -0.4 is 5.73 Å². The van der Waals surface area contributed by atoms with Gasteiger partial charge in [0.1, 0.15) is 6.04 Å². The minimum absolute atomic E-state index is 0.0810. The van der Waals surface area contributed by atoms with Crippen LogP contribution in [0.4, 0.5) is 0 Å². The van der Waals surface area contributed by atoms with Gasteiger partial charge in [0.15, 0.2) is 0 Å². The molecule has 0 aliphatic carbocycles. The fourth-order valence-electron chi connectivity index (χ4n) is 0.910. The molecule has 0 fully saturated rings. The monoisotopic (exact) mass is 261 g/mol. The molecule has 6 heteroatoms. The van der Waals surface area contributed by atoms with Gasteiger partial charge in [0, 0.05) is 0 Å². The number of carbonyl (C=O) groups excluding carboxylic acids is 1. The Labute approximate surface area is 107 Å². The van der Waals surface area contributed by atoms with Crippen molar-refractivity contribution in [1.29, 1.82) is 0 Å². The van der Waals surface area contributed by atoms with E-state index in [0.717, 1.165) is 0 Å². The van der Waals surface area contributed by atoms with Crippen molar-refractivity contribution in [2.45, 2.75) is 39.3 Å². The highest BCUT2D eigenvalue weighted by Gasteiger charge is 2.12. The van der Waals surface area contributed by atoms with Crippen molar-refractivity contribution in [2.24, 2.45) is 11.7 Å². The molecule has 0 heterocycles. The van der Waals surface area contributed by atoms with Gasteiger partial charge in [-0.3, -0.25) is 4.79 Å². The number of hydrogen-bond donors (Lipinski definition) is 3. The summed E-state index contributed by atoms with van der Waals surface area (Å²) in [7, 11) is 1.25. The number of nitrogens with two attached hydrogens (primary N) is 1. The van der Waals surface area contributed by atoms with Gasteiger partial charge in [0.25, 0.3) is 0 Å². The molecule has 0 radical (unpaired) electrons. The molecule has 0 rings (SSSR count). The van der Waals surface area contributed by atoms with E-state index in [1.807, 2.05) is 13.8 Å². The number of carbonyl (C=O) groups is 2. The number of rotatable bonds is 5. The molecule has 0 aliphatic rings. The Kier molecular flexibility index (Phi) is 10.1. The van der Waals surface area contributed by atoms with Gasteiger partial charge in [-0.25, -0.2) is 4.79 Å².